The summed E-state index contributed by atoms with van der Waals surface area (Å²) in [5, 5.41) is 7.48. The number of hydrogen-bond acceptors (Lipinski definition) is 5. The number of nitrogens with one attached hydrogen (secondary N) is 1. The molecule has 3 N–H and O–H groups in total. The number of esters is 1. The normalized spacial score (nSPS) is 10.2. The third-order valence-electron chi connectivity index (χ3n) is 2.87. The Hall–Kier alpha value is -2.01. The van der Waals surface area contributed by atoms with Crippen molar-refractivity contribution in [1.29, 1.82) is 0 Å². The Morgan fingerprint density at radius 1 is 1.40 bits per heavy atom. The molecule has 20 heavy (non-hydrogen) atoms. The van der Waals surface area contributed by atoms with Crippen LogP contribution in [0, 0.1) is 0 Å². The van der Waals surface area contributed by atoms with Crippen molar-refractivity contribution in [2.24, 2.45) is 0 Å². The third-order valence-corrected chi connectivity index (χ3v) is 3.60. The maximum absolute atomic E-state index is 11.6. The molecule has 5 heteroatoms. The van der Waals surface area contributed by atoms with Gasteiger partial charge in [0.05, 0.1) is 23.5 Å². The first-order chi connectivity index (χ1) is 9.70. The summed E-state index contributed by atoms with van der Waals surface area (Å²) >= 11 is 1.69. The van der Waals surface area contributed by atoms with Crippen LogP contribution in [0.2, 0.25) is 0 Å². The van der Waals surface area contributed by atoms with Gasteiger partial charge < -0.3 is 15.8 Å². The highest BCUT2D eigenvalue weighted by molar-refractivity contribution is 7.07. The first-order valence-corrected chi connectivity index (χ1v) is 7.46. The second-order valence-corrected chi connectivity index (χ2v) is 5.11. The molecule has 0 saturated carbocycles. The molecule has 0 atom stereocenters. The minimum Gasteiger partial charge on any atom is -0.462 e. The highest BCUT2D eigenvalue weighted by atomic mass is 32.1. The zero-order valence-corrected chi connectivity index (χ0v) is 12.2. The number of carbonyl (C=O) groups excluding carboxylic acids is 1. The minimum absolute atomic E-state index is 0.343. The number of nitrogen functional groups attached to an aromatic ring is 1. The molecule has 1 aromatic carbocycles. The van der Waals surface area contributed by atoms with E-state index in [0.717, 1.165) is 18.7 Å². The molecular weight excluding hydrogens is 272 g/mol. The number of carbonyl (C=O) groups is 1. The van der Waals surface area contributed by atoms with E-state index < -0.39 is 0 Å². The smallest absolute Gasteiger partial charge is 0.338 e. The summed E-state index contributed by atoms with van der Waals surface area (Å²) in [7, 11) is 0. The molecule has 0 radical (unpaired) electrons. The van der Waals surface area contributed by atoms with E-state index in [4.69, 9.17) is 10.5 Å². The molecule has 4 nitrogen and oxygen atoms in total. The summed E-state index contributed by atoms with van der Waals surface area (Å²) in [5.74, 6) is -0.343. The largest absolute Gasteiger partial charge is 0.462 e. The van der Waals surface area contributed by atoms with Crippen molar-refractivity contribution in [1.82, 2.24) is 0 Å². The summed E-state index contributed by atoms with van der Waals surface area (Å²) in [4.78, 5) is 11.6. The Kier molecular flexibility index (Phi) is 5.01. The topological polar surface area (TPSA) is 64.3 Å². The summed E-state index contributed by atoms with van der Waals surface area (Å²) in [6.45, 7) is 2.95. The van der Waals surface area contributed by atoms with Crippen molar-refractivity contribution in [2.45, 2.75) is 13.3 Å². The lowest BCUT2D eigenvalue weighted by Crippen LogP contribution is -2.09. The van der Waals surface area contributed by atoms with Gasteiger partial charge >= 0.3 is 5.97 Å². The molecule has 0 aliphatic rings. The van der Waals surface area contributed by atoms with Crippen LogP contribution in [-0.2, 0) is 11.2 Å². The van der Waals surface area contributed by atoms with Gasteiger partial charge in [-0.15, -0.1) is 0 Å². The van der Waals surface area contributed by atoms with Gasteiger partial charge in [0.15, 0.2) is 0 Å². The van der Waals surface area contributed by atoms with Crippen LogP contribution < -0.4 is 11.1 Å². The molecular formula is C15H18N2O2S. The van der Waals surface area contributed by atoms with Crippen LogP contribution in [0.1, 0.15) is 22.8 Å². The number of benzene rings is 1. The van der Waals surface area contributed by atoms with Gasteiger partial charge in [0.2, 0.25) is 0 Å². The fourth-order valence-electron chi connectivity index (χ4n) is 1.84. The molecule has 0 unspecified atom stereocenters. The summed E-state index contributed by atoms with van der Waals surface area (Å²) in [6, 6.07) is 7.29. The lowest BCUT2D eigenvalue weighted by atomic mass is 10.1. The van der Waals surface area contributed by atoms with Gasteiger partial charge in [-0.3, -0.25) is 0 Å². The Balaban J connectivity index is 1.93. The predicted molar refractivity (Wildman–Crippen MR) is 83.3 cm³/mol. The molecule has 2 rings (SSSR count). The van der Waals surface area contributed by atoms with Crippen molar-refractivity contribution in [2.75, 3.05) is 24.2 Å². The van der Waals surface area contributed by atoms with Gasteiger partial charge in [-0.05, 0) is 53.9 Å². The van der Waals surface area contributed by atoms with Crippen molar-refractivity contribution in [3.05, 3.63) is 46.2 Å². The monoisotopic (exact) mass is 290 g/mol. The highest BCUT2D eigenvalue weighted by Gasteiger charge is 2.08. The van der Waals surface area contributed by atoms with E-state index in [9.17, 15) is 4.79 Å². The van der Waals surface area contributed by atoms with E-state index in [1.54, 1.807) is 30.4 Å². The minimum atomic E-state index is -0.343. The van der Waals surface area contributed by atoms with E-state index in [-0.39, 0.29) is 5.97 Å². The molecule has 0 saturated heterocycles. The molecule has 1 heterocycles. The van der Waals surface area contributed by atoms with Crippen molar-refractivity contribution in [3.63, 3.8) is 0 Å². The average molecular weight is 290 g/mol. The van der Waals surface area contributed by atoms with Gasteiger partial charge in [0.1, 0.15) is 0 Å². The van der Waals surface area contributed by atoms with Crippen LogP contribution in [-0.4, -0.2) is 19.1 Å². The van der Waals surface area contributed by atoms with Gasteiger partial charge in [-0.2, -0.15) is 11.3 Å². The Bertz CT molecular complexity index is 567. The number of thiophene rings is 1. The molecule has 1 aromatic heterocycles. The number of hydrogen-bond donors (Lipinski definition) is 2. The molecule has 106 valence electrons. The molecule has 0 aliphatic heterocycles. The number of anilines is 2. The van der Waals surface area contributed by atoms with E-state index in [0.29, 0.717) is 17.9 Å². The number of nitrogens with two attached hydrogens (primary N) is 1. The molecule has 0 aliphatic carbocycles. The zero-order chi connectivity index (χ0) is 14.4. The highest BCUT2D eigenvalue weighted by Crippen LogP contribution is 2.20. The van der Waals surface area contributed by atoms with Crippen LogP contribution in [0.3, 0.4) is 0 Å². The van der Waals surface area contributed by atoms with Gasteiger partial charge in [0, 0.05) is 6.54 Å². The Labute approximate surface area is 122 Å². The second kappa shape index (κ2) is 6.96. The van der Waals surface area contributed by atoms with Crippen LogP contribution in [0.25, 0.3) is 0 Å². The lowest BCUT2D eigenvalue weighted by molar-refractivity contribution is 0.0526. The molecule has 2 aromatic rings. The van der Waals surface area contributed by atoms with Gasteiger partial charge in [0.25, 0.3) is 0 Å². The Morgan fingerprint density at radius 3 is 2.90 bits per heavy atom. The average Bonchev–Trinajstić information content (AvgIpc) is 2.94. The van der Waals surface area contributed by atoms with Gasteiger partial charge in [-0.1, -0.05) is 0 Å². The van der Waals surface area contributed by atoms with Crippen molar-refractivity contribution in [3.8, 4) is 0 Å². The summed E-state index contributed by atoms with van der Waals surface area (Å²) in [5.41, 5.74) is 9.13. The molecule has 0 spiro atoms. The quantitative estimate of drug-likeness (QED) is 0.633. The van der Waals surface area contributed by atoms with Crippen molar-refractivity contribution < 1.29 is 9.53 Å². The lowest BCUT2D eigenvalue weighted by Gasteiger charge is -2.10. The van der Waals surface area contributed by atoms with E-state index >= 15 is 0 Å². The van der Waals surface area contributed by atoms with Gasteiger partial charge in [-0.25, -0.2) is 4.79 Å². The van der Waals surface area contributed by atoms with Crippen LogP contribution >= 0.6 is 11.3 Å². The second-order valence-electron chi connectivity index (χ2n) is 4.33. The fourth-order valence-corrected chi connectivity index (χ4v) is 2.54. The fraction of sp³-hybridized carbons (Fsp3) is 0.267. The standard InChI is InChI=1S/C15H18N2O2S/c1-2-19-15(18)12-3-4-14(13(16)9-12)17-7-5-11-6-8-20-10-11/h3-4,6,8-10,17H,2,5,7,16H2,1H3. The van der Waals surface area contributed by atoms with E-state index in [2.05, 4.69) is 22.1 Å². The number of rotatable bonds is 6. The van der Waals surface area contributed by atoms with Crippen LogP contribution in [0.15, 0.2) is 35.0 Å². The maximum Gasteiger partial charge on any atom is 0.338 e. The predicted octanol–water partition coefficient (Wildman–Crippen LogP) is 3.16. The first-order valence-electron chi connectivity index (χ1n) is 6.52. The third kappa shape index (κ3) is 3.74. The molecule has 0 bridgehead atoms. The summed E-state index contributed by atoms with van der Waals surface area (Å²) < 4.78 is 4.94. The number of ether oxygens (including phenoxy) is 1. The molecule has 0 fully saturated rings. The summed E-state index contributed by atoms with van der Waals surface area (Å²) in [6.07, 6.45) is 0.947. The van der Waals surface area contributed by atoms with E-state index in [1.165, 1.54) is 5.56 Å². The SMILES string of the molecule is CCOC(=O)c1ccc(NCCc2ccsc2)c(N)c1. The van der Waals surface area contributed by atoms with E-state index in [1.807, 2.05) is 6.07 Å². The van der Waals surface area contributed by atoms with Crippen LogP contribution in [0.5, 0.6) is 0 Å². The molecule has 0 amide bonds. The zero-order valence-electron chi connectivity index (χ0n) is 11.4. The first kappa shape index (κ1) is 14.4. The van der Waals surface area contributed by atoms with Crippen molar-refractivity contribution >= 4 is 28.7 Å². The Morgan fingerprint density at radius 2 is 2.25 bits per heavy atom. The van der Waals surface area contributed by atoms with Crippen LogP contribution in [0.4, 0.5) is 11.4 Å². The maximum atomic E-state index is 11.6.